The monoisotopic (exact) mass is 214 g/mol. The molecule has 1 fully saturated rings. The smallest absolute Gasteiger partial charge is 0.0500 e. The highest BCUT2D eigenvalue weighted by Gasteiger charge is 2.24. The quantitative estimate of drug-likeness (QED) is 0.747. The first kappa shape index (κ1) is 12.9. The van der Waals surface area contributed by atoms with Crippen LogP contribution in [0.4, 0.5) is 0 Å². The number of ether oxygens (including phenoxy) is 1. The third-order valence-corrected chi connectivity index (χ3v) is 3.27. The second kappa shape index (κ2) is 6.46. The summed E-state index contributed by atoms with van der Waals surface area (Å²) < 4.78 is 5.19. The van der Waals surface area contributed by atoms with Crippen LogP contribution in [0.2, 0.25) is 0 Å². The fraction of sp³-hybridized carbons (Fsp3) is 1.00. The maximum atomic E-state index is 5.19. The molecule has 0 spiro atoms. The molecule has 15 heavy (non-hydrogen) atoms. The third kappa shape index (κ3) is 4.09. The molecule has 0 aliphatic carbocycles. The van der Waals surface area contributed by atoms with E-state index in [1.807, 2.05) is 0 Å². The Morgan fingerprint density at radius 1 is 1.53 bits per heavy atom. The molecular weight excluding hydrogens is 188 g/mol. The topological polar surface area (TPSA) is 24.5 Å². The Bertz CT molecular complexity index is 175. The minimum absolute atomic E-state index is 0.632. The molecule has 3 heteroatoms. The van der Waals surface area contributed by atoms with E-state index in [0.29, 0.717) is 18.0 Å². The standard InChI is InChI=1S/C12H26N2O/c1-5-12-8-14(11(3)6-13-12)7-10(2)9-15-4/h10-13H,5-9H2,1-4H3. The fourth-order valence-corrected chi connectivity index (χ4v) is 2.26. The van der Waals surface area contributed by atoms with Crippen molar-refractivity contribution in [2.24, 2.45) is 5.92 Å². The van der Waals surface area contributed by atoms with Crippen molar-refractivity contribution in [1.82, 2.24) is 10.2 Å². The lowest BCUT2D eigenvalue weighted by molar-refractivity contribution is 0.0866. The lowest BCUT2D eigenvalue weighted by atomic mass is 10.1. The van der Waals surface area contributed by atoms with Crippen molar-refractivity contribution in [3.63, 3.8) is 0 Å². The molecule has 3 nitrogen and oxygen atoms in total. The van der Waals surface area contributed by atoms with Crippen molar-refractivity contribution in [3.8, 4) is 0 Å². The van der Waals surface area contributed by atoms with Gasteiger partial charge in [-0.25, -0.2) is 0 Å². The van der Waals surface area contributed by atoms with Crippen LogP contribution in [0, 0.1) is 5.92 Å². The van der Waals surface area contributed by atoms with Gasteiger partial charge >= 0.3 is 0 Å². The molecule has 0 saturated carbocycles. The zero-order valence-corrected chi connectivity index (χ0v) is 10.6. The van der Waals surface area contributed by atoms with Gasteiger partial charge in [-0.15, -0.1) is 0 Å². The van der Waals surface area contributed by atoms with Gasteiger partial charge in [0.1, 0.15) is 0 Å². The Hall–Kier alpha value is -0.120. The van der Waals surface area contributed by atoms with E-state index in [1.54, 1.807) is 7.11 Å². The molecule has 1 aliphatic heterocycles. The molecule has 1 N–H and O–H groups in total. The summed E-state index contributed by atoms with van der Waals surface area (Å²) in [5.74, 6) is 0.632. The van der Waals surface area contributed by atoms with E-state index in [-0.39, 0.29) is 0 Å². The van der Waals surface area contributed by atoms with Gasteiger partial charge in [0, 0.05) is 45.4 Å². The van der Waals surface area contributed by atoms with Gasteiger partial charge in [-0.05, 0) is 19.3 Å². The maximum Gasteiger partial charge on any atom is 0.0500 e. The normalized spacial score (nSPS) is 30.4. The summed E-state index contributed by atoms with van der Waals surface area (Å²) >= 11 is 0. The van der Waals surface area contributed by atoms with Crippen molar-refractivity contribution in [3.05, 3.63) is 0 Å². The van der Waals surface area contributed by atoms with Crippen LogP contribution in [0.25, 0.3) is 0 Å². The van der Waals surface area contributed by atoms with Crippen LogP contribution in [-0.4, -0.2) is 50.3 Å². The van der Waals surface area contributed by atoms with Crippen molar-refractivity contribution < 1.29 is 4.74 Å². The Morgan fingerprint density at radius 2 is 2.27 bits per heavy atom. The van der Waals surface area contributed by atoms with E-state index in [4.69, 9.17) is 4.74 Å². The summed E-state index contributed by atoms with van der Waals surface area (Å²) in [7, 11) is 1.78. The Kier molecular flexibility index (Phi) is 5.58. The summed E-state index contributed by atoms with van der Waals surface area (Å²) in [6.07, 6.45) is 1.22. The Labute approximate surface area is 94.2 Å². The zero-order chi connectivity index (χ0) is 11.3. The molecule has 3 atom stereocenters. The molecule has 1 rings (SSSR count). The molecule has 0 amide bonds. The summed E-state index contributed by atoms with van der Waals surface area (Å²) in [4.78, 5) is 2.59. The summed E-state index contributed by atoms with van der Waals surface area (Å²) in [5.41, 5.74) is 0. The highest BCUT2D eigenvalue weighted by atomic mass is 16.5. The first-order valence-corrected chi connectivity index (χ1v) is 6.13. The molecule has 1 aliphatic rings. The molecule has 1 heterocycles. The molecule has 0 bridgehead atoms. The van der Waals surface area contributed by atoms with Gasteiger partial charge in [0.25, 0.3) is 0 Å². The first-order valence-electron chi connectivity index (χ1n) is 6.13. The number of methoxy groups -OCH3 is 1. The lowest BCUT2D eigenvalue weighted by Crippen LogP contribution is -2.56. The molecule has 0 aromatic rings. The van der Waals surface area contributed by atoms with Gasteiger partial charge < -0.3 is 10.1 Å². The Morgan fingerprint density at radius 3 is 2.87 bits per heavy atom. The minimum Gasteiger partial charge on any atom is -0.384 e. The second-order valence-electron chi connectivity index (χ2n) is 4.88. The van der Waals surface area contributed by atoms with Crippen LogP contribution >= 0.6 is 0 Å². The van der Waals surface area contributed by atoms with Crippen LogP contribution in [0.5, 0.6) is 0 Å². The summed E-state index contributed by atoms with van der Waals surface area (Å²) in [6, 6.07) is 1.34. The van der Waals surface area contributed by atoms with Gasteiger partial charge in [-0.2, -0.15) is 0 Å². The molecule has 0 aromatic heterocycles. The van der Waals surface area contributed by atoms with E-state index in [0.717, 1.165) is 19.7 Å². The zero-order valence-electron chi connectivity index (χ0n) is 10.6. The molecule has 90 valence electrons. The summed E-state index contributed by atoms with van der Waals surface area (Å²) in [5, 5.41) is 3.58. The SMILES string of the molecule is CCC1CN(CC(C)COC)C(C)CN1. The summed E-state index contributed by atoms with van der Waals surface area (Å²) in [6.45, 7) is 11.2. The van der Waals surface area contributed by atoms with Crippen LogP contribution in [0.15, 0.2) is 0 Å². The number of hydrogen-bond donors (Lipinski definition) is 1. The van der Waals surface area contributed by atoms with Crippen molar-refractivity contribution in [1.29, 1.82) is 0 Å². The number of nitrogens with zero attached hydrogens (tertiary/aromatic N) is 1. The average Bonchev–Trinajstić information content (AvgIpc) is 2.21. The number of rotatable bonds is 5. The molecule has 3 unspecified atom stereocenters. The van der Waals surface area contributed by atoms with Gasteiger partial charge in [0.15, 0.2) is 0 Å². The maximum absolute atomic E-state index is 5.19. The van der Waals surface area contributed by atoms with Gasteiger partial charge in [-0.3, -0.25) is 4.90 Å². The van der Waals surface area contributed by atoms with E-state index in [1.165, 1.54) is 13.0 Å². The average molecular weight is 214 g/mol. The van der Waals surface area contributed by atoms with E-state index in [9.17, 15) is 0 Å². The van der Waals surface area contributed by atoms with E-state index >= 15 is 0 Å². The number of hydrogen-bond acceptors (Lipinski definition) is 3. The van der Waals surface area contributed by atoms with Crippen LogP contribution in [0.1, 0.15) is 27.2 Å². The molecule has 0 radical (unpaired) electrons. The molecule has 1 saturated heterocycles. The highest BCUT2D eigenvalue weighted by molar-refractivity contribution is 4.83. The molecule has 0 aromatic carbocycles. The number of nitrogens with one attached hydrogen (secondary N) is 1. The van der Waals surface area contributed by atoms with Gasteiger partial charge in [-0.1, -0.05) is 13.8 Å². The van der Waals surface area contributed by atoms with E-state index < -0.39 is 0 Å². The van der Waals surface area contributed by atoms with Crippen molar-refractivity contribution in [2.75, 3.05) is 33.4 Å². The molecular formula is C12H26N2O. The van der Waals surface area contributed by atoms with Crippen molar-refractivity contribution >= 4 is 0 Å². The van der Waals surface area contributed by atoms with Crippen molar-refractivity contribution in [2.45, 2.75) is 39.3 Å². The Balaban J connectivity index is 2.36. The predicted octanol–water partition coefficient (Wildman–Crippen LogP) is 1.34. The number of piperazine rings is 1. The van der Waals surface area contributed by atoms with Crippen LogP contribution in [0.3, 0.4) is 0 Å². The third-order valence-electron chi connectivity index (χ3n) is 3.27. The minimum atomic E-state index is 0.632. The van der Waals surface area contributed by atoms with Crippen LogP contribution < -0.4 is 5.32 Å². The lowest BCUT2D eigenvalue weighted by Gasteiger charge is -2.39. The highest BCUT2D eigenvalue weighted by Crippen LogP contribution is 2.11. The van der Waals surface area contributed by atoms with Crippen LogP contribution in [-0.2, 0) is 4.74 Å². The van der Waals surface area contributed by atoms with Gasteiger partial charge in [0.2, 0.25) is 0 Å². The first-order chi connectivity index (χ1) is 7.17. The largest absolute Gasteiger partial charge is 0.384 e. The van der Waals surface area contributed by atoms with Gasteiger partial charge in [0.05, 0.1) is 0 Å². The predicted molar refractivity (Wildman–Crippen MR) is 64.2 cm³/mol. The fourth-order valence-electron chi connectivity index (χ4n) is 2.26. The van der Waals surface area contributed by atoms with E-state index in [2.05, 4.69) is 31.0 Å². The second-order valence-corrected chi connectivity index (χ2v) is 4.88.